The quantitative estimate of drug-likeness (QED) is 0.241. The molecule has 0 saturated carbocycles. The molecular formula is C25H16ClN3O4. The van der Waals surface area contributed by atoms with Crippen LogP contribution < -0.4 is 5.32 Å². The minimum Gasteiger partial charge on any atom is -0.465 e. The van der Waals surface area contributed by atoms with Gasteiger partial charge in [0, 0.05) is 10.6 Å². The first-order valence-corrected chi connectivity index (χ1v) is 10.1. The van der Waals surface area contributed by atoms with Crippen molar-refractivity contribution in [3.8, 4) is 17.4 Å². The molecule has 0 saturated heterocycles. The van der Waals surface area contributed by atoms with Crippen molar-refractivity contribution in [2.24, 2.45) is 0 Å². The Morgan fingerprint density at radius 2 is 1.88 bits per heavy atom. The molecule has 0 fully saturated rings. The minimum atomic E-state index is -0.655. The zero-order valence-corrected chi connectivity index (χ0v) is 18.1. The number of nitriles is 1. The molecule has 1 aromatic heterocycles. The number of benzene rings is 3. The van der Waals surface area contributed by atoms with Gasteiger partial charge in [0.2, 0.25) is 0 Å². The zero-order valence-electron chi connectivity index (χ0n) is 17.3. The van der Waals surface area contributed by atoms with E-state index in [-0.39, 0.29) is 16.8 Å². The lowest BCUT2D eigenvalue weighted by atomic mass is 10.0. The number of methoxy groups -OCH3 is 1. The summed E-state index contributed by atoms with van der Waals surface area (Å²) in [6.07, 6.45) is 1.45. The monoisotopic (exact) mass is 457 g/mol. The number of carbonyl (C=O) groups excluding carboxylic acids is 2. The van der Waals surface area contributed by atoms with Gasteiger partial charge in [-0.3, -0.25) is 4.79 Å². The van der Waals surface area contributed by atoms with Crippen LogP contribution in [-0.2, 0) is 9.53 Å². The van der Waals surface area contributed by atoms with Gasteiger partial charge in [0.25, 0.3) is 5.91 Å². The second-order valence-corrected chi connectivity index (χ2v) is 7.39. The summed E-state index contributed by atoms with van der Waals surface area (Å²) in [6, 6.07) is 20.7. The third-order valence-electron chi connectivity index (χ3n) is 4.86. The summed E-state index contributed by atoms with van der Waals surface area (Å²) in [7, 11) is 1.25. The second kappa shape index (κ2) is 9.39. The van der Waals surface area contributed by atoms with Crippen LogP contribution in [0.15, 0.2) is 76.8 Å². The highest BCUT2D eigenvalue weighted by atomic mass is 35.5. The number of halogens is 1. The standard InChI is InChI=1S/C25H16ClN3O4/c1-32-25(31)19-4-2-3-5-21(19)28-24(30)17(14-27)12-15-6-11-22-20(13-15)23(33-29-22)16-7-9-18(26)10-8-16/h2-13H,1H3,(H,28,30)/b17-12-. The SMILES string of the molecule is COC(=O)c1ccccc1NC(=O)/C(C#N)=C\c1ccc2noc(-c3ccc(Cl)cc3)c2c1. The summed E-state index contributed by atoms with van der Waals surface area (Å²) >= 11 is 5.96. The van der Waals surface area contributed by atoms with Crippen molar-refractivity contribution in [3.05, 3.63) is 88.5 Å². The third kappa shape index (κ3) is 4.61. The van der Waals surface area contributed by atoms with E-state index in [9.17, 15) is 14.9 Å². The predicted molar refractivity (Wildman–Crippen MR) is 124 cm³/mol. The molecule has 7 nitrogen and oxygen atoms in total. The number of amides is 1. The first-order valence-electron chi connectivity index (χ1n) is 9.76. The van der Waals surface area contributed by atoms with E-state index in [2.05, 4.69) is 10.5 Å². The predicted octanol–water partition coefficient (Wildman–Crippen LogP) is 5.48. The molecule has 0 radical (unpaired) electrons. The summed E-state index contributed by atoms with van der Waals surface area (Å²) in [5.41, 5.74) is 2.32. The summed E-state index contributed by atoms with van der Waals surface area (Å²) in [5.74, 6) is -0.704. The molecule has 8 heteroatoms. The maximum atomic E-state index is 12.7. The van der Waals surface area contributed by atoms with Crippen molar-refractivity contribution in [3.63, 3.8) is 0 Å². The van der Waals surface area contributed by atoms with Crippen LogP contribution in [0.3, 0.4) is 0 Å². The van der Waals surface area contributed by atoms with Crippen LogP contribution in [0.1, 0.15) is 15.9 Å². The van der Waals surface area contributed by atoms with Crippen molar-refractivity contribution < 1.29 is 18.8 Å². The molecular weight excluding hydrogens is 442 g/mol. The topological polar surface area (TPSA) is 105 Å². The average Bonchev–Trinajstić information content (AvgIpc) is 3.26. The van der Waals surface area contributed by atoms with E-state index in [4.69, 9.17) is 20.9 Å². The average molecular weight is 458 g/mol. The number of aromatic nitrogens is 1. The number of hydrogen-bond donors (Lipinski definition) is 1. The molecule has 4 aromatic rings. The van der Waals surface area contributed by atoms with Gasteiger partial charge in [-0.15, -0.1) is 0 Å². The van der Waals surface area contributed by atoms with Gasteiger partial charge in [-0.1, -0.05) is 35.0 Å². The minimum absolute atomic E-state index is 0.140. The van der Waals surface area contributed by atoms with Gasteiger partial charge in [0.05, 0.1) is 23.7 Å². The molecule has 3 aromatic carbocycles. The highest BCUT2D eigenvalue weighted by Crippen LogP contribution is 2.30. The Morgan fingerprint density at radius 3 is 2.61 bits per heavy atom. The molecule has 1 heterocycles. The van der Waals surface area contributed by atoms with Gasteiger partial charge < -0.3 is 14.6 Å². The number of hydrogen-bond acceptors (Lipinski definition) is 6. The lowest BCUT2D eigenvalue weighted by molar-refractivity contribution is -0.112. The molecule has 0 aliphatic rings. The van der Waals surface area contributed by atoms with Crippen LogP contribution in [0.4, 0.5) is 5.69 Å². The smallest absolute Gasteiger partial charge is 0.339 e. The second-order valence-electron chi connectivity index (χ2n) is 6.96. The van der Waals surface area contributed by atoms with Gasteiger partial charge in [0.15, 0.2) is 5.76 Å². The summed E-state index contributed by atoms with van der Waals surface area (Å²) in [4.78, 5) is 24.7. The van der Waals surface area contributed by atoms with Crippen LogP contribution in [0.2, 0.25) is 5.02 Å². The highest BCUT2D eigenvalue weighted by molar-refractivity contribution is 6.30. The fourth-order valence-electron chi connectivity index (χ4n) is 3.24. The Bertz CT molecular complexity index is 1430. The van der Waals surface area contributed by atoms with E-state index < -0.39 is 11.9 Å². The fourth-order valence-corrected chi connectivity index (χ4v) is 3.37. The van der Waals surface area contributed by atoms with Crippen LogP contribution in [-0.4, -0.2) is 24.1 Å². The molecule has 0 aliphatic heterocycles. The van der Waals surface area contributed by atoms with Crippen LogP contribution >= 0.6 is 11.6 Å². The number of carbonyl (C=O) groups is 2. The first-order chi connectivity index (χ1) is 16.0. The van der Waals surface area contributed by atoms with E-state index in [0.29, 0.717) is 21.9 Å². The first kappa shape index (κ1) is 21.8. The number of anilines is 1. The summed E-state index contributed by atoms with van der Waals surface area (Å²) in [6.45, 7) is 0. The van der Waals surface area contributed by atoms with Gasteiger partial charge in [0.1, 0.15) is 17.2 Å². The molecule has 0 aliphatic carbocycles. The van der Waals surface area contributed by atoms with Crippen LogP contribution in [0.25, 0.3) is 28.3 Å². The molecule has 4 rings (SSSR count). The van der Waals surface area contributed by atoms with Crippen molar-refractivity contribution in [1.29, 1.82) is 5.26 Å². The van der Waals surface area contributed by atoms with Crippen molar-refractivity contribution in [1.82, 2.24) is 5.16 Å². The van der Waals surface area contributed by atoms with E-state index in [1.54, 1.807) is 48.5 Å². The Kier molecular flexibility index (Phi) is 6.20. The lowest BCUT2D eigenvalue weighted by Gasteiger charge is -2.09. The lowest BCUT2D eigenvalue weighted by Crippen LogP contribution is -2.16. The number of rotatable bonds is 5. The zero-order chi connectivity index (χ0) is 23.4. The third-order valence-corrected chi connectivity index (χ3v) is 5.12. The van der Waals surface area contributed by atoms with Crippen molar-refractivity contribution >= 4 is 46.1 Å². The molecule has 0 spiro atoms. The van der Waals surface area contributed by atoms with E-state index in [1.807, 2.05) is 18.2 Å². The summed E-state index contributed by atoms with van der Waals surface area (Å²) < 4.78 is 10.2. The van der Waals surface area contributed by atoms with Crippen molar-refractivity contribution in [2.45, 2.75) is 0 Å². The Labute approximate surface area is 193 Å². The Morgan fingerprint density at radius 1 is 1.12 bits per heavy atom. The number of ether oxygens (including phenoxy) is 1. The Balaban J connectivity index is 1.66. The van der Waals surface area contributed by atoms with Crippen LogP contribution in [0, 0.1) is 11.3 Å². The maximum Gasteiger partial charge on any atom is 0.339 e. The van der Waals surface area contributed by atoms with Gasteiger partial charge in [-0.05, 0) is 60.2 Å². The number of fused-ring (bicyclic) bond motifs is 1. The number of nitrogens with one attached hydrogen (secondary N) is 1. The van der Waals surface area contributed by atoms with E-state index >= 15 is 0 Å². The Hall–Kier alpha value is -4.41. The number of nitrogens with zero attached hydrogens (tertiary/aromatic N) is 2. The van der Waals surface area contributed by atoms with Gasteiger partial charge in [-0.2, -0.15) is 5.26 Å². The van der Waals surface area contributed by atoms with Crippen LogP contribution in [0.5, 0.6) is 0 Å². The molecule has 0 atom stereocenters. The molecule has 1 N–H and O–H groups in total. The van der Waals surface area contributed by atoms with Gasteiger partial charge >= 0.3 is 5.97 Å². The van der Waals surface area contributed by atoms with E-state index in [0.717, 1.165) is 10.9 Å². The largest absolute Gasteiger partial charge is 0.465 e. The van der Waals surface area contributed by atoms with Crippen molar-refractivity contribution in [2.75, 3.05) is 12.4 Å². The molecule has 162 valence electrons. The maximum absolute atomic E-state index is 12.7. The summed E-state index contributed by atoms with van der Waals surface area (Å²) in [5, 5.41) is 17.6. The molecule has 1 amide bonds. The molecule has 33 heavy (non-hydrogen) atoms. The van der Waals surface area contributed by atoms with Gasteiger partial charge in [-0.25, -0.2) is 4.79 Å². The molecule has 0 unspecified atom stereocenters. The fraction of sp³-hybridized carbons (Fsp3) is 0.0400. The number of para-hydroxylation sites is 1. The molecule has 0 bridgehead atoms. The normalized spacial score (nSPS) is 11.1. The number of esters is 1. The highest BCUT2D eigenvalue weighted by Gasteiger charge is 2.16. The van der Waals surface area contributed by atoms with E-state index in [1.165, 1.54) is 19.3 Å².